The van der Waals surface area contributed by atoms with Gasteiger partial charge in [0.05, 0.1) is 16.8 Å². The van der Waals surface area contributed by atoms with E-state index in [1.807, 2.05) is 31.2 Å². The van der Waals surface area contributed by atoms with Crippen LogP contribution in [0.3, 0.4) is 0 Å². The maximum absolute atomic E-state index is 12.6. The Labute approximate surface area is 224 Å². The molecule has 30 heavy (non-hydrogen) atoms. The predicted octanol–water partition coefficient (Wildman–Crippen LogP) is -5.44. The molecule has 1 aliphatic rings. The monoisotopic (exact) mass is 489 g/mol. The SMILES string of the molecule is CC1Cc2ccccc2N1N=C([O-])c1ccc(Cl)c(S(=O)(=O)NS(=O)(=O)[O-])c1.[Na+].[Na+]. The second kappa shape index (κ2) is 10.6. The predicted molar refractivity (Wildman–Crippen MR) is 100 cm³/mol. The van der Waals surface area contributed by atoms with Crippen molar-refractivity contribution < 1.29 is 85.6 Å². The van der Waals surface area contributed by atoms with Gasteiger partial charge in [-0.3, -0.25) is 5.01 Å². The minimum absolute atomic E-state index is 0. The molecule has 150 valence electrons. The van der Waals surface area contributed by atoms with Crippen molar-refractivity contribution in [2.45, 2.75) is 24.3 Å². The van der Waals surface area contributed by atoms with Gasteiger partial charge in [-0.1, -0.05) is 35.9 Å². The van der Waals surface area contributed by atoms with Crippen molar-refractivity contribution in [2.75, 3.05) is 5.01 Å². The van der Waals surface area contributed by atoms with E-state index in [0.29, 0.717) is 6.42 Å². The first-order valence-corrected chi connectivity index (χ1v) is 11.2. The van der Waals surface area contributed by atoms with Gasteiger partial charge in [0.15, 0.2) is 10.3 Å². The van der Waals surface area contributed by atoms with Gasteiger partial charge in [-0.05, 0) is 42.7 Å². The van der Waals surface area contributed by atoms with Crippen LogP contribution in [-0.2, 0) is 26.7 Å². The molecule has 0 aliphatic carbocycles. The minimum atomic E-state index is -5.30. The largest absolute Gasteiger partial charge is 1.00 e. The molecule has 2 aromatic carbocycles. The van der Waals surface area contributed by atoms with Crippen molar-refractivity contribution >= 4 is 43.5 Å². The zero-order valence-corrected chi connectivity index (χ0v) is 22.8. The number of para-hydroxylation sites is 1. The number of hydrazone groups is 1. The van der Waals surface area contributed by atoms with Crippen LogP contribution in [0.5, 0.6) is 0 Å². The number of halogens is 1. The van der Waals surface area contributed by atoms with Crippen LogP contribution >= 0.6 is 11.6 Å². The summed E-state index contributed by atoms with van der Waals surface area (Å²) in [6.45, 7) is 1.89. The average molecular weight is 490 g/mol. The first-order chi connectivity index (χ1) is 13.0. The van der Waals surface area contributed by atoms with Gasteiger partial charge in [-0.25, -0.2) is 16.8 Å². The van der Waals surface area contributed by atoms with E-state index >= 15 is 0 Å². The Morgan fingerprint density at radius 2 is 1.80 bits per heavy atom. The molecule has 1 N–H and O–H groups in total. The van der Waals surface area contributed by atoms with Gasteiger partial charge in [0.1, 0.15) is 4.90 Å². The molecule has 1 unspecified atom stereocenters. The van der Waals surface area contributed by atoms with Crippen molar-refractivity contribution in [3.05, 3.63) is 58.6 Å². The summed E-state index contributed by atoms with van der Waals surface area (Å²) in [6, 6.07) is 10.6. The van der Waals surface area contributed by atoms with E-state index in [1.165, 1.54) is 6.07 Å². The molecule has 0 saturated heterocycles. The fraction of sp³-hybridized carbons (Fsp3) is 0.188. The van der Waals surface area contributed by atoms with Crippen LogP contribution in [0.2, 0.25) is 5.02 Å². The van der Waals surface area contributed by atoms with E-state index < -0.39 is 31.1 Å². The van der Waals surface area contributed by atoms with Crippen molar-refractivity contribution in [1.82, 2.24) is 4.13 Å². The number of hydrogen-bond acceptors (Lipinski definition) is 8. The molecule has 1 heterocycles. The van der Waals surface area contributed by atoms with Crippen LogP contribution in [0, 0.1) is 0 Å². The van der Waals surface area contributed by atoms with Crippen molar-refractivity contribution in [2.24, 2.45) is 5.10 Å². The molecule has 0 aromatic heterocycles. The Morgan fingerprint density at radius 3 is 2.43 bits per heavy atom. The summed E-state index contributed by atoms with van der Waals surface area (Å²) in [5.74, 6) is -0.748. The molecule has 0 saturated carbocycles. The fourth-order valence-electron chi connectivity index (χ4n) is 2.88. The Hall–Kier alpha value is -0.180. The van der Waals surface area contributed by atoms with Crippen LogP contribution in [0.25, 0.3) is 0 Å². The molecule has 0 spiro atoms. The van der Waals surface area contributed by atoms with Gasteiger partial charge < -0.3 is 9.66 Å². The summed E-state index contributed by atoms with van der Waals surface area (Å²) in [5.41, 5.74) is 1.66. The van der Waals surface area contributed by atoms with Crippen LogP contribution in [0.15, 0.2) is 52.5 Å². The van der Waals surface area contributed by atoms with Crippen LogP contribution in [-0.4, -0.2) is 33.3 Å². The first-order valence-electron chi connectivity index (χ1n) is 7.90. The summed E-state index contributed by atoms with van der Waals surface area (Å²) >= 11 is 5.81. The van der Waals surface area contributed by atoms with E-state index in [-0.39, 0.29) is 75.7 Å². The second-order valence-corrected chi connectivity index (χ2v) is 9.55. The molecule has 0 radical (unpaired) electrons. The first kappa shape index (κ1) is 27.9. The number of hydrogen-bond donors (Lipinski definition) is 1. The number of rotatable bonds is 5. The molecule has 0 amide bonds. The topological polar surface area (TPSA) is 142 Å². The maximum Gasteiger partial charge on any atom is 1.00 e. The Balaban J connectivity index is 0.00000225. The third kappa shape index (κ3) is 6.42. The van der Waals surface area contributed by atoms with Crippen LogP contribution in [0.1, 0.15) is 18.1 Å². The molecule has 14 heteroatoms. The molecule has 3 rings (SSSR count). The third-order valence-corrected chi connectivity index (χ3v) is 7.10. The van der Waals surface area contributed by atoms with E-state index in [0.717, 1.165) is 27.5 Å². The van der Waals surface area contributed by atoms with E-state index in [9.17, 15) is 26.5 Å². The van der Waals surface area contributed by atoms with Gasteiger partial charge >= 0.3 is 59.1 Å². The van der Waals surface area contributed by atoms with E-state index in [2.05, 4.69) is 5.10 Å². The van der Waals surface area contributed by atoms with E-state index in [1.54, 1.807) is 5.01 Å². The summed E-state index contributed by atoms with van der Waals surface area (Å²) in [5, 5.41) is 17.8. The van der Waals surface area contributed by atoms with Gasteiger partial charge in [-0.15, -0.1) is 4.13 Å². The van der Waals surface area contributed by atoms with E-state index in [4.69, 9.17) is 11.6 Å². The quantitative estimate of drug-likeness (QED) is 0.191. The molecular formula is C16H14ClN3Na2O6S2. The standard InChI is InChI=1S/C16H16ClN3O6S2.2Na/c1-10-8-11-4-2-3-5-14(11)20(10)18-16(21)12-6-7-13(17)15(9-12)27(22,23)19-28(24,25)26;;/h2-7,9-10,19H,8H2,1H3,(H,18,21)(H,24,25,26);;/q;2*+1/p-2. The Bertz CT molecular complexity index is 1180. The molecule has 9 nitrogen and oxygen atoms in total. The molecular weight excluding hydrogens is 476 g/mol. The second-order valence-electron chi connectivity index (χ2n) is 6.12. The summed E-state index contributed by atoms with van der Waals surface area (Å²) < 4.78 is 57.4. The number of anilines is 1. The Kier molecular flexibility index (Phi) is 9.86. The number of nitrogens with zero attached hydrogens (tertiary/aromatic N) is 2. The zero-order valence-electron chi connectivity index (χ0n) is 16.4. The number of fused-ring (bicyclic) bond motifs is 1. The third-order valence-electron chi connectivity index (χ3n) is 4.05. The van der Waals surface area contributed by atoms with Crippen molar-refractivity contribution in [3.63, 3.8) is 0 Å². The molecule has 1 aliphatic heterocycles. The number of nitrogens with one attached hydrogen (secondary N) is 1. The van der Waals surface area contributed by atoms with Crippen molar-refractivity contribution in [3.8, 4) is 0 Å². The van der Waals surface area contributed by atoms with Gasteiger partial charge in [0, 0.05) is 5.90 Å². The molecule has 0 fully saturated rings. The average Bonchev–Trinajstić information content (AvgIpc) is 2.88. The molecule has 1 atom stereocenters. The van der Waals surface area contributed by atoms with Crippen LogP contribution in [0.4, 0.5) is 5.69 Å². The summed E-state index contributed by atoms with van der Waals surface area (Å²) in [4.78, 5) is -0.718. The Morgan fingerprint density at radius 1 is 1.17 bits per heavy atom. The smallest absolute Gasteiger partial charge is 0.857 e. The maximum atomic E-state index is 12.6. The normalized spacial score (nSPS) is 16.4. The van der Waals surface area contributed by atoms with Gasteiger partial charge in [0.2, 0.25) is 0 Å². The van der Waals surface area contributed by atoms with Gasteiger partial charge in [0.25, 0.3) is 10.0 Å². The minimum Gasteiger partial charge on any atom is -0.857 e. The van der Waals surface area contributed by atoms with Crippen molar-refractivity contribution in [1.29, 1.82) is 0 Å². The zero-order chi connectivity index (χ0) is 20.7. The van der Waals surface area contributed by atoms with Gasteiger partial charge in [-0.2, -0.15) is 5.10 Å². The fourth-order valence-corrected chi connectivity index (χ4v) is 5.34. The number of benzene rings is 2. The summed E-state index contributed by atoms with van der Waals surface area (Å²) in [7, 11) is -10.1. The molecule has 0 bridgehead atoms. The molecule has 2 aromatic rings. The summed E-state index contributed by atoms with van der Waals surface area (Å²) in [6.07, 6.45) is 0.693. The van der Waals surface area contributed by atoms with Crippen LogP contribution < -0.4 is 73.4 Å². The number of sulfonamides is 1.